The van der Waals surface area contributed by atoms with Crippen LogP contribution in [-0.4, -0.2) is 30.4 Å². The standard InChI is InChI=1S/C17H22N2O3/c20-14-2-1-3-16(18-14)22-9-15(21)19-17-12-5-10-4-11(7-12)8-13(17)6-10/h1,3,10-13,17H,2,4-9H2,(H,19,21). The van der Waals surface area contributed by atoms with Crippen LogP contribution in [0.15, 0.2) is 17.1 Å². The molecule has 5 aliphatic rings. The lowest BCUT2D eigenvalue weighted by Gasteiger charge is -2.54. The maximum absolute atomic E-state index is 12.2. The Morgan fingerprint density at radius 3 is 2.50 bits per heavy atom. The smallest absolute Gasteiger partial charge is 0.258 e. The highest BCUT2D eigenvalue weighted by Crippen LogP contribution is 2.53. The molecule has 1 N–H and O–H groups in total. The Labute approximate surface area is 130 Å². The van der Waals surface area contributed by atoms with E-state index in [1.54, 1.807) is 12.2 Å². The summed E-state index contributed by atoms with van der Waals surface area (Å²) >= 11 is 0. The molecule has 0 unspecified atom stereocenters. The van der Waals surface area contributed by atoms with E-state index in [1.165, 1.54) is 32.1 Å². The first-order valence-corrected chi connectivity index (χ1v) is 8.37. The van der Waals surface area contributed by atoms with E-state index in [-0.39, 0.29) is 24.3 Å². The molecule has 0 aromatic rings. The van der Waals surface area contributed by atoms with E-state index >= 15 is 0 Å². The van der Waals surface area contributed by atoms with Gasteiger partial charge in [-0.15, -0.1) is 0 Å². The summed E-state index contributed by atoms with van der Waals surface area (Å²) in [7, 11) is 0. The molecular formula is C17H22N2O3. The van der Waals surface area contributed by atoms with Crippen LogP contribution in [0.25, 0.3) is 0 Å². The Morgan fingerprint density at radius 2 is 1.86 bits per heavy atom. The Balaban J connectivity index is 1.31. The van der Waals surface area contributed by atoms with Gasteiger partial charge in [0.05, 0.1) is 0 Å². The maximum atomic E-state index is 12.2. The molecule has 0 saturated heterocycles. The van der Waals surface area contributed by atoms with Crippen molar-refractivity contribution in [2.45, 2.75) is 44.6 Å². The van der Waals surface area contributed by atoms with E-state index in [2.05, 4.69) is 10.3 Å². The largest absolute Gasteiger partial charge is 0.467 e. The number of carbonyl (C=O) groups excluding carboxylic acids is 2. The second-order valence-corrected chi connectivity index (χ2v) is 7.26. The summed E-state index contributed by atoms with van der Waals surface area (Å²) in [5, 5.41) is 3.18. The van der Waals surface area contributed by atoms with Crippen molar-refractivity contribution in [3.8, 4) is 0 Å². The minimum absolute atomic E-state index is 0.0563. The predicted octanol–water partition coefficient (Wildman–Crippen LogP) is 1.83. The topological polar surface area (TPSA) is 67.8 Å². The predicted molar refractivity (Wildman–Crippen MR) is 81.1 cm³/mol. The van der Waals surface area contributed by atoms with Crippen LogP contribution in [0, 0.1) is 23.7 Å². The normalized spacial score (nSPS) is 38.8. The van der Waals surface area contributed by atoms with Crippen molar-refractivity contribution >= 4 is 17.7 Å². The quantitative estimate of drug-likeness (QED) is 0.865. The Hall–Kier alpha value is -1.65. The number of amides is 2. The van der Waals surface area contributed by atoms with E-state index in [4.69, 9.17) is 4.74 Å². The molecule has 22 heavy (non-hydrogen) atoms. The van der Waals surface area contributed by atoms with Crippen molar-refractivity contribution < 1.29 is 14.3 Å². The molecule has 0 radical (unpaired) electrons. The number of nitrogens with one attached hydrogen (secondary N) is 1. The fourth-order valence-electron chi connectivity index (χ4n) is 5.07. The third kappa shape index (κ3) is 2.69. The third-order valence-electron chi connectivity index (χ3n) is 5.69. The molecule has 1 heterocycles. The number of hydrogen-bond donors (Lipinski definition) is 1. The van der Waals surface area contributed by atoms with E-state index in [1.807, 2.05) is 0 Å². The zero-order chi connectivity index (χ0) is 15.1. The number of ether oxygens (including phenoxy) is 1. The fraction of sp³-hybridized carbons (Fsp3) is 0.706. The second kappa shape index (κ2) is 5.52. The first kappa shape index (κ1) is 14.0. The van der Waals surface area contributed by atoms with Gasteiger partial charge in [-0.05, 0) is 61.9 Å². The van der Waals surface area contributed by atoms with Gasteiger partial charge in [0.15, 0.2) is 6.61 Å². The van der Waals surface area contributed by atoms with Crippen LogP contribution in [0.2, 0.25) is 0 Å². The number of rotatable bonds is 3. The first-order chi connectivity index (χ1) is 10.7. The molecule has 5 nitrogen and oxygen atoms in total. The van der Waals surface area contributed by atoms with Gasteiger partial charge in [0.1, 0.15) is 0 Å². The molecular weight excluding hydrogens is 280 g/mol. The fourth-order valence-corrected chi connectivity index (χ4v) is 5.07. The number of nitrogens with zero attached hydrogens (tertiary/aromatic N) is 1. The third-order valence-corrected chi connectivity index (χ3v) is 5.69. The van der Waals surface area contributed by atoms with Gasteiger partial charge >= 0.3 is 0 Å². The lowest BCUT2D eigenvalue weighted by atomic mass is 9.54. The highest BCUT2D eigenvalue weighted by molar-refractivity contribution is 6.01. The summed E-state index contributed by atoms with van der Waals surface area (Å²) in [5.41, 5.74) is 0. The van der Waals surface area contributed by atoms with Gasteiger partial charge in [0.2, 0.25) is 5.90 Å². The van der Waals surface area contributed by atoms with Crippen LogP contribution < -0.4 is 5.32 Å². The van der Waals surface area contributed by atoms with Crippen LogP contribution in [0.4, 0.5) is 0 Å². The van der Waals surface area contributed by atoms with Crippen molar-refractivity contribution in [2.75, 3.05) is 6.61 Å². The van der Waals surface area contributed by atoms with Gasteiger partial charge < -0.3 is 10.1 Å². The van der Waals surface area contributed by atoms with Gasteiger partial charge in [-0.1, -0.05) is 6.08 Å². The molecule has 5 rings (SSSR count). The minimum Gasteiger partial charge on any atom is -0.467 e. The van der Waals surface area contributed by atoms with E-state index in [0.29, 0.717) is 24.3 Å². The molecule has 0 atom stereocenters. The lowest BCUT2D eigenvalue weighted by molar-refractivity contribution is -0.127. The van der Waals surface area contributed by atoms with Crippen LogP contribution in [-0.2, 0) is 14.3 Å². The molecule has 118 valence electrons. The highest BCUT2D eigenvalue weighted by atomic mass is 16.5. The van der Waals surface area contributed by atoms with Crippen LogP contribution >= 0.6 is 0 Å². The van der Waals surface area contributed by atoms with Gasteiger partial charge in [0.25, 0.3) is 11.8 Å². The number of dihydropyridines is 1. The summed E-state index contributed by atoms with van der Waals surface area (Å²) in [6.45, 7) is -0.0563. The maximum Gasteiger partial charge on any atom is 0.258 e. The van der Waals surface area contributed by atoms with Crippen molar-refractivity contribution in [3.05, 3.63) is 12.2 Å². The molecule has 0 aromatic carbocycles. The molecule has 0 spiro atoms. The molecule has 5 heteroatoms. The molecule has 4 fully saturated rings. The van der Waals surface area contributed by atoms with Crippen molar-refractivity contribution in [1.82, 2.24) is 5.32 Å². The Morgan fingerprint density at radius 1 is 1.18 bits per heavy atom. The Bertz CT molecular complexity index is 524. The summed E-state index contributed by atoms with van der Waals surface area (Å²) in [4.78, 5) is 27.1. The summed E-state index contributed by atoms with van der Waals surface area (Å²) in [6, 6.07) is 0.328. The van der Waals surface area contributed by atoms with Gasteiger partial charge in [-0.2, -0.15) is 4.99 Å². The highest BCUT2D eigenvalue weighted by Gasteiger charge is 2.48. The second-order valence-electron chi connectivity index (χ2n) is 7.26. The molecule has 4 aliphatic carbocycles. The zero-order valence-corrected chi connectivity index (χ0v) is 12.7. The van der Waals surface area contributed by atoms with Gasteiger partial charge in [-0.25, -0.2) is 0 Å². The van der Waals surface area contributed by atoms with Crippen molar-refractivity contribution in [3.63, 3.8) is 0 Å². The first-order valence-electron chi connectivity index (χ1n) is 8.37. The van der Waals surface area contributed by atoms with Crippen LogP contribution in [0.1, 0.15) is 38.5 Å². The lowest BCUT2D eigenvalue weighted by Crippen LogP contribution is -2.56. The molecule has 4 bridgehead atoms. The average Bonchev–Trinajstić information content (AvgIpc) is 2.48. The van der Waals surface area contributed by atoms with Gasteiger partial charge in [0, 0.05) is 12.5 Å². The Kier molecular flexibility index (Phi) is 3.51. The van der Waals surface area contributed by atoms with Gasteiger partial charge in [-0.3, -0.25) is 9.59 Å². The summed E-state index contributed by atoms with van der Waals surface area (Å²) in [5.74, 6) is 3.06. The van der Waals surface area contributed by atoms with Crippen molar-refractivity contribution in [1.29, 1.82) is 0 Å². The molecule has 0 aromatic heterocycles. The van der Waals surface area contributed by atoms with E-state index in [9.17, 15) is 9.59 Å². The number of aliphatic imine (C=N–C) groups is 1. The number of hydrogen-bond acceptors (Lipinski definition) is 3. The minimum atomic E-state index is -0.223. The van der Waals surface area contributed by atoms with Crippen LogP contribution in [0.5, 0.6) is 0 Å². The number of carbonyl (C=O) groups is 2. The molecule has 1 aliphatic heterocycles. The van der Waals surface area contributed by atoms with Crippen molar-refractivity contribution in [2.24, 2.45) is 28.7 Å². The SMILES string of the molecule is O=C1CC=CC(OCC(=O)NC2C3CC4CC(C3)CC2C4)=N1. The molecule has 4 saturated carbocycles. The zero-order valence-electron chi connectivity index (χ0n) is 12.7. The van der Waals surface area contributed by atoms with E-state index < -0.39 is 0 Å². The average molecular weight is 302 g/mol. The monoisotopic (exact) mass is 302 g/mol. The molecule has 2 amide bonds. The van der Waals surface area contributed by atoms with Crippen LogP contribution in [0.3, 0.4) is 0 Å². The summed E-state index contributed by atoms with van der Waals surface area (Å²) in [6.07, 6.45) is 10.2. The van der Waals surface area contributed by atoms with E-state index in [0.717, 1.165) is 11.8 Å². The summed E-state index contributed by atoms with van der Waals surface area (Å²) < 4.78 is 5.34.